The third-order valence-corrected chi connectivity index (χ3v) is 2.62. The summed E-state index contributed by atoms with van der Waals surface area (Å²) in [5, 5.41) is 13.9. The molecule has 0 atom stereocenters. The summed E-state index contributed by atoms with van der Waals surface area (Å²) in [6.45, 7) is 4.26. The Labute approximate surface area is 113 Å². The molecule has 5 nitrogen and oxygen atoms in total. The molecule has 0 fully saturated rings. The lowest BCUT2D eigenvalue weighted by Gasteiger charge is -2.06. The van der Waals surface area contributed by atoms with E-state index in [0.717, 1.165) is 10.2 Å². The Morgan fingerprint density at radius 2 is 2.06 bits per heavy atom. The minimum atomic E-state index is 0.450. The highest BCUT2D eigenvalue weighted by molar-refractivity contribution is 9.10. The lowest BCUT2D eigenvalue weighted by atomic mass is 10.3. The fourth-order valence-electron chi connectivity index (χ4n) is 1.28. The van der Waals surface area contributed by atoms with E-state index in [0.29, 0.717) is 18.3 Å². The summed E-state index contributed by atoms with van der Waals surface area (Å²) >= 11 is 3.38. The molecule has 0 aliphatic rings. The van der Waals surface area contributed by atoms with Gasteiger partial charge < -0.3 is 10.6 Å². The van der Waals surface area contributed by atoms with Gasteiger partial charge in [0.25, 0.3) is 0 Å². The van der Waals surface area contributed by atoms with Crippen LogP contribution in [0.4, 0.5) is 17.5 Å². The van der Waals surface area contributed by atoms with Crippen LogP contribution < -0.4 is 10.6 Å². The topological polar surface area (TPSA) is 62.7 Å². The Kier molecular flexibility index (Phi) is 4.25. The molecular weight excluding hydrogens is 294 g/mol. The van der Waals surface area contributed by atoms with E-state index >= 15 is 0 Å². The Bertz CT molecular complexity index is 526. The first-order valence-corrected chi connectivity index (χ1v) is 6.14. The molecule has 1 heterocycles. The Hall–Kier alpha value is -1.95. The van der Waals surface area contributed by atoms with Crippen LogP contribution in [-0.4, -0.2) is 21.7 Å². The molecule has 2 N–H and O–H groups in total. The zero-order valence-corrected chi connectivity index (χ0v) is 11.2. The smallest absolute Gasteiger partial charge is 0.249 e. The average Bonchev–Trinajstić information content (AvgIpc) is 2.40. The second-order valence-corrected chi connectivity index (χ2v) is 4.38. The lowest BCUT2D eigenvalue weighted by molar-refractivity contribution is 0.976. The Morgan fingerprint density at radius 3 is 2.78 bits per heavy atom. The summed E-state index contributed by atoms with van der Waals surface area (Å²) in [6, 6.07) is 7.74. The lowest BCUT2D eigenvalue weighted by Crippen LogP contribution is -2.05. The van der Waals surface area contributed by atoms with Crippen LogP contribution in [0.25, 0.3) is 0 Å². The summed E-state index contributed by atoms with van der Waals surface area (Å²) in [4.78, 5) is 4.27. The van der Waals surface area contributed by atoms with Gasteiger partial charge >= 0.3 is 0 Å². The number of anilines is 3. The van der Waals surface area contributed by atoms with E-state index in [1.54, 1.807) is 12.3 Å². The first kappa shape index (κ1) is 12.5. The molecule has 0 saturated carbocycles. The molecular formula is C12H12BrN5. The molecule has 0 unspecified atom stereocenters. The summed E-state index contributed by atoms with van der Waals surface area (Å²) in [7, 11) is 0. The van der Waals surface area contributed by atoms with Crippen LogP contribution in [0.15, 0.2) is 47.6 Å². The van der Waals surface area contributed by atoms with Crippen LogP contribution in [-0.2, 0) is 0 Å². The van der Waals surface area contributed by atoms with E-state index in [-0.39, 0.29) is 0 Å². The van der Waals surface area contributed by atoms with Gasteiger partial charge in [0, 0.05) is 16.7 Å². The van der Waals surface area contributed by atoms with Crippen molar-refractivity contribution in [2.24, 2.45) is 0 Å². The van der Waals surface area contributed by atoms with Crippen LogP contribution in [0.2, 0.25) is 0 Å². The van der Waals surface area contributed by atoms with Gasteiger partial charge in [-0.25, -0.2) is 0 Å². The minimum Gasteiger partial charge on any atom is -0.365 e. The van der Waals surface area contributed by atoms with Crippen LogP contribution >= 0.6 is 15.9 Å². The molecule has 0 saturated heterocycles. The first-order chi connectivity index (χ1) is 8.78. The molecule has 2 rings (SSSR count). The zero-order chi connectivity index (χ0) is 12.8. The number of hydrogen-bond acceptors (Lipinski definition) is 5. The fourth-order valence-corrected chi connectivity index (χ4v) is 1.55. The molecule has 1 aromatic carbocycles. The van der Waals surface area contributed by atoms with Gasteiger partial charge in [0.05, 0.1) is 6.20 Å². The van der Waals surface area contributed by atoms with Gasteiger partial charge in [-0.15, -0.1) is 11.7 Å². The van der Waals surface area contributed by atoms with Crippen molar-refractivity contribution in [3.63, 3.8) is 0 Å². The maximum atomic E-state index is 4.27. The standard InChI is InChI=1S/C12H12BrN5/c1-2-7-14-11-8-15-18-12(17-11)16-10-5-3-9(13)4-6-10/h2-6,8H,1,7H2,(H2,14,16,17,18). The minimum absolute atomic E-state index is 0.450. The number of hydrogen-bond donors (Lipinski definition) is 2. The van der Waals surface area contributed by atoms with Gasteiger partial charge in [-0.2, -0.15) is 10.1 Å². The number of nitrogens with one attached hydrogen (secondary N) is 2. The molecule has 0 spiro atoms. The normalized spacial score (nSPS) is 9.83. The van der Waals surface area contributed by atoms with Gasteiger partial charge in [0.2, 0.25) is 5.95 Å². The largest absolute Gasteiger partial charge is 0.365 e. The number of halogens is 1. The number of aromatic nitrogens is 3. The van der Waals surface area contributed by atoms with Crippen molar-refractivity contribution < 1.29 is 0 Å². The summed E-state index contributed by atoms with van der Waals surface area (Å²) in [5.41, 5.74) is 0.904. The maximum Gasteiger partial charge on any atom is 0.249 e. The zero-order valence-electron chi connectivity index (χ0n) is 9.60. The van der Waals surface area contributed by atoms with E-state index < -0.39 is 0 Å². The number of nitrogens with zero attached hydrogens (tertiary/aromatic N) is 3. The van der Waals surface area contributed by atoms with E-state index in [4.69, 9.17) is 0 Å². The van der Waals surface area contributed by atoms with Crippen molar-refractivity contribution in [2.45, 2.75) is 0 Å². The number of benzene rings is 1. The molecule has 0 radical (unpaired) electrons. The quantitative estimate of drug-likeness (QED) is 0.832. The van der Waals surface area contributed by atoms with Crippen molar-refractivity contribution in [3.8, 4) is 0 Å². The van der Waals surface area contributed by atoms with E-state index in [1.807, 2.05) is 24.3 Å². The first-order valence-electron chi connectivity index (χ1n) is 5.35. The Morgan fingerprint density at radius 1 is 1.28 bits per heavy atom. The molecule has 6 heteroatoms. The van der Waals surface area contributed by atoms with Gasteiger partial charge in [0.15, 0.2) is 5.82 Å². The van der Waals surface area contributed by atoms with E-state index in [9.17, 15) is 0 Å². The highest BCUT2D eigenvalue weighted by atomic mass is 79.9. The second-order valence-electron chi connectivity index (χ2n) is 3.47. The molecule has 0 aliphatic carbocycles. The molecule has 92 valence electrons. The van der Waals surface area contributed by atoms with E-state index in [1.165, 1.54) is 0 Å². The van der Waals surface area contributed by atoms with Crippen molar-refractivity contribution in [1.82, 2.24) is 15.2 Å². The molecule has 1 aromatic heterocycles. The summed E-state index contributed by atoms with van der Waals surface area (Å²) in [5.74, 6) is 1.11. The van der Waals surface area contributed by atoms with Gasteiger partial charge in [-0.05, 0) is 24.3 Å². The van der Waals surface area contributed by atoms with Crippen LogP contribution in [0.5, 0.6) is 0 Å². The third-order valence-electron chi connectivity index (χ3n) is 2.09. The van der Waals surface area contributed by atoms with Crippen molar-refractivity contribution in [2.75, 3.05) is 17.2 Å². The van der Waals surface area contributed by atoms with E-state index in [2.05, 4.69) is 48.3 Å². The average molecular weight is 306 g/mol. The molecule has 0 aliphatic heterocycles. The van der Waals surface area contributed by atoms with Crippen LogP contribution in [0.3, 0.4) is 0 Å². The Balaban J connectivity index is 2.08. The highest BCUT2D eigenvalue weighted by Crippen LogP contribution is 2.17. The van der Waals surface area contributed by atoms with Crippen molar-refractivity contribution in [3.05, 3.63) is 47.6 Å². The second kappa shape index (κ2) is 6.11. The maximum absolute atomic E-state index is 4.27. The predicted molar refractivity (Wildman–Crippen MR) is 75.9 cm³/mol. The van der Waals surface area contributed by atoms with Gasteiger partial charge in [-0.1, -0.05) is 22.0 Å². The third kappa shape index (κ3) is 3.53. The molecule has 0 amide bonds. The molecule has 2 aromatic rings. The predicted octanol–water partition coefficient (Wildman–Crippen LogP) is 2.98. The van der Waals surface area contributed by atoms with Crippen molar-refractivity contribution >= 4 is 33.4 Å². The summed E-state index contributed by atoms with van der Waals surface area (Å²) in [6.07, 6.45) is 3.32. The fraction of sp³-hybridized carbons (Fsp3) is 0.0833. The van der Waals surface area contributed by atoms with Crippen LogP contribution in [0.1, 0.15) is 0 Å². The summed E-state index contributed by atoms with van der Waals surface area (Å²) < 4.78 is 1.02. The molecule has 18 heavy (non-hydrogen) atoms. The van der Waals surface area contributed by atoms with Crippen LogP contribution in [0, 0.1) is 0 Å². The van der Waals surface area contributed by atoms with Crippen molar-refractivity contribution in [1.29, 1.82) is 0 Å². The number of rotatable bonds is 5. The monoisotopic (exact) mass is 305 g/mol. The molecule has 0 bridgehead atoms. The van der Waals surface area contributed by atoms with Gasteiger partial charge in [-0.3, -0.25) is 0 Å². The highest BCUT2D eigenvalue weighted by Gasteiger charge is 2.00. The SMILES string of the molecule is C=CCNc1cnnc(Nc2ccc(Br)cc2)n1. The van der Waals surface area contributed by atoms with Gasteiger partial charge in [0.1, 0.15) is 0 Å².